The molecule has 8 heteroatoms. The molecule has 1 saturated carbocycles. The highest BCUT2D eigenvalue weighted by molar-refractivity contribution is 7.88. The fourth-order valence-electron chi connectivity index (χ4n) is 1.74. The van der Waals surface area contributed by atoms with Crippen LogP contribution in [0.25, 0.3) is 0 Å². The summed E-state index contributed by atoms with van der Waals surface area (Å²) in [5.41, 5.74) is -0.110. The van der Waals surface area contributed by atoms with Gasteiger partial charge in [0.05, 0.1) is 6.26 Å². The van der Waals surface area contributed by atoms with Crippen molar-refractivity contribution in [1.29, 1.82) is 0 Å². The van der Waals surface area contributed by atoms with E-state index < -0.39 is 10.0 Å². The Morgan fingerprint density at radius 1 is 1.42 bits per heavy atom. The van der Waals surface area contributed by atoms with Crippen molar-refractivity contribution >= 4 is 15.8 Å². The molecule has 0 radical (unpaired) electrons. The van der Waals surface area contributed by atoms with Crippen LogP contribution in [0.4, 0.5) is 5.82 Å². The van der Waals surface area contributed by atoms with Crippen LogP contribution < -0.4 is 15.6 Å². The number of nitrogens with one attached hydrogen (secondary N) is 2. The fraction of sp³-hybridized carbons (Fsp3) is 0.636. The Hall–Kier alpha value is -1.41. The van der Waals surface area contributed by atoms with Crippen LogP contribution in [0, 0.1) is 0 Å². The molecule has 2 N–H and O–H groups in total. The van der Waals surface area contributed by atoms with Gasteiger partial charge in [0, 0.05) is 31.5 Å². The molecule has 0 bridgehead atoms. The summed E-state index contributed by atoms with van der Waals surface area (Å²) in [5.74, 6) is 0.328. The number of hydrogen-bond donors (Lipinski definition) is 2. The van der Waals surface area contributed by atoms with Crippen molar-refractivity contribution in [2.24, 2.45) is 0 Å². The molecule has 0 saturated heterocycles. The minimum Gasteiger partial charge on any atom is -0.365 e. The van der Waals surface area contributed by atoms with E-state index in [-0.39, 0.29) is 5.56 Å². The Labute approximate surface area is 112 Å². The lowest BCUT2D eigenvalue weighted by atomic mass is 10.4. The van der Waals surface area contributed by atoms with Gasteiger partial charge < -0.3 is 9.88 Å². The van der Waals surface area contributed by atoms with Crippen molar-refractivity contribution in [2.45, 2.75) is 25.3 Å². The van der Waals surface area contributed by atoms with Crippen LogP contribution in [0.1, 0.15) is 25.3 Å². The fourth-order valence-corrected chi connectivity index (χ4v) is 2.25. The first-order valence-electron chi connectivity index (χ1n) is 6.23. The summed E-state index contributed by atoms with van der Waals surface area (Å²) in [5, 5.41) is 2.94. The second-order valence-corrected chi connectivity index (χ2v) is 6.50. The highest BCUT2D eigenvalue weighted by Crippen LogP contribution is 2.33. The molecule has 19 heavy (non-hydrogen) atoms. The molecule has 0 atom stereocenters. The van der Waals surface area contributed by atoms with Crippen LogP contribution in [-0.2, 0) is 10.0 Å². The Balaban J connectivity index is 1.83. The maximum absolute atomic E-state index is 12.0. The smallest absolute Gasteiger partial charge is 0.293 e. The van der Waals surface area contributed by atoms with E-state index in [4.69, 9.17) is 0 Å². The second kappa shape index (κ2) is 5.70. The van der Waals surface area contributed by atoms with Gasteiger partial charge in [-0.3, -0.25) is 4.79 Å². The zero-order chi connectivity index (χ0) is 13.9. The third-order valence-corrected chi connectivity index (χ3v) is 3.55. The lowest BCUT2D eigenvalue weighted by molar-refractivity contribution is 0.586. The van der Waals surface area contributed by atoms with E-state index in [1.54, 1.807) is 17.0 Å². The predicted octanol–water partition coefficient (Wildman–Crippen LogP) is -0.0706. The number of sulfonamides is 1. The third-order valence-electron chi connectivity index (χ3n) is 2.82. The Kier molecular flexibility index (Phi) is 4.20. The first kappa shape index (κ1) is 14.0. The van der Waals surface area contributed by atoms with Crippen LogP contribution in [0.5, 0.6) is 0 Å². The number of anilines is 1. The van der Waals surface area contributed by atoms with E-state index in [9.17, 15) is 13.2 Å². The van der Waals surface area contributed by atoms with Gasteiger partial charge in [0.25, 0.3) is 5.56 Å². The molecule has 0 spiro atoms. The molecular formula is C11H18N4O3S. The van der Waals surface area contributed by atoms with Crippen molar-refractivity contribution in [3.05, 3.63) is 22.7 Å². The number of hydrogen-bond acceptors (Lipinski definition) is 5. The van der Waals surface area contributed by atoms with Crippen molar-refractivity contribution in [3.63, 3.8) is 0 Å². The Bertz CT molecular complexity index is 592. The number of rotatable bonds is 7. The van der Waals surface area contributed by atoms with E-state index in [2.05, 4.69) is 15.0 Å². The van der Waals surface area contributed by atoms with Crippen molar-refractivity contribution < 1.29 is 8.42 Å². The summed E-state index contributed by atoms with van der Waals surface area (Å²) >= 11 is 0. The molecule has 1 aliphatic rings. The van der Waals surface area contributed by atoms with Gasteiger partial charge in [0.1, 0.15) is 0 Å². The average Bonchev–Trinajstić information content (AvgIpc) is 3.13. The van der Waals surface area contributed by atoms with Crippen LogP contribution in [0.15, 0.2) is 17.2 Å². The first-order chi connectivity index (χ1) is 8.97. The van der Waals surface area contributed by atoms with Crippen LogP contribution in [0.3, 0.4) is 0 Å². The van der Waals surface area contributed by atoms with Gasteiger partial charge in [-0.05, 0) is 19.3 Å². The molecule has 106 valence electrons. The molecule has 1 aromatic heterocycles. The summed E-state index contributed by atoms with van der Waals surface area (Å²) < 4.78 is 25.8. The highest BCUT2D eigenvalue weighted by Gasteiger charge is 2.25. The lowest BCUT2D eigenvalue weighted by Gasteiger charge is -2.08. The lowest BCUT2D eigenvalue weighted by Crippen LogP contribution is -2.27. The molecule has 0 amide bonds. The molecule has 1 heterocycles. The quantitative estimate of drug-likeness (QED) is 0.684. The van der Waals surface area contributed by atoms with Crippen LogP contribution in [0.2, 0.25) is 0 Å². The summed E-state index contributed by atoms with van der Waals surface area (Å²) in [6, 6.07) is 0.322. The second-order valence-electron chi connectivity index (χ2n) is 4.67. The Morgan fingerprint density at radius 2 is 2.16 bits per heavy atom. The van der Waals surface area contributed by atoms with E-state index in [0.717, 1.165) is 19.1 Å². The molecule has 7 nitrogen and oxygen atoms in total. The van der Waals surface area contributed by atoms with E-state index in [0.29, 0.717) is 31.4 Å². The molecule has 1 aromatic rings. The van der Waals surface area contributed by atoms with Gasteiger partial charge in [0.2, 0.25) is 10.0 Å². The van der Waals surface area contributed by atoms with Crippen molar-refractivity contribution in [1.82, 2.24) is 14.3 Å². The minimum atomic E-state index is -3.15. The number of aromatic nitrogens is 2. The van der Waals surface area contributed by atoms with Gasteiger partial charge in [-0.2, -0.15) is 0 Å². The Morgan fingerprint density at radius 3 is 2.79 bits per heavy atom. The van der Waals surface area contributed by atoms with E-state index >= 15 is 0 Å². The SMILES string of the molecule is CS(=O)(=O)NCCCNc1nccn(C2CC2)c1=O. The summed E-state index contributed by atoms with van der Waals surface area (Å²) in [6.07, 6.45) is 7.11. The average molecular weight is 286 g/mol. The van der Waals surface area contributed by atoms with Gasteiger partial charge in [-0.15, -0.1) is 0 Å². The predicted molar refractivity (Wildman–Crippen MR) is 72.7 cm³/mol. The summed E-state index contributed by atoms with van der Waals surface area (Å²) in [6.45, 7) is 0.842. The van der Waals surface area contributed by atoms with Crippen LogP contribution >= 0.6 is 0 Å². The zero-order valence-electron chi connectivity index (χ0n) is 10.8. The minimum absolute atomic E-state index is 0.110. The first-order valence-corrected chi connectivity index (χ1v) is 8.12. The van der Waals surface area contributed by atoms with Crippen LogP contribution in [-0.4, -0.2) is 37.3 Å². The zero-order valence-corrected chi connectivity index (χ0v) is 11.6. The third kappa shape index (κ3) is 4.32. The normalized spacial score (nSPS) is 15.4. The summed E-state index contributed by atoms with van der Waals surface area (Å²) in [7, 11) is -3.15. The van der Waals surface area contributed by atoms with E-state index in [1.807, 2.05) is 0 Å². The molecule has 2 rings (SSSR count). The molecule has 0 aliphatic heterocycles. The molecule has 1 aliphatic carbocycles. The topological polar surface area (TPSA) is 93.1 Å². The monoisotopic (exact) mass is 286 g/mol. The maximum Gasteiger partial charge on any atom is 0.293 e. The van der Waals surface area contributed by atoms with Crippen molar-refractivity contribution in [2.75, 3.05) is 24.7 Å². The van der Waals surface area contributed by atoms with Gasteiger partial charge in [-0.1, -0.05) is 0 Å². The maximum atomic E-state index is 12.0. The standard InChI is InChI=1S/C11H18N4O3S/c1-19(17,18)14-6-2-5-12-10-11(16)15(8-7-13-10)9-3-4-9/h7-9,14H,2-6H2,1H3,(H,12,13). The molecular weight excluding hydrogens is 268 g/mol. The van der Waals surface area contributed by atoms with Gasteiger partial charge in [0.15, 0.2) is 5.82 Å². The largest absolute Gasteiger partial charge is 0.365 e. The molecule has 1 fully saturated rings. The molecule has 0 unspecified atom stereocenters. The van der Waals surface area contributed by atoms with E-state index in [1.165, 1.54) is 0 Å². The molecule has 0 aromatic carbocycles. The number of nitrogens with zero attached hydrogens (tertiary/aromatic N) is 2. The highest BCUT2D eigenvalue weighted by atomic mass is 32.2. The van der Waals surface area contributed by atoms with Crippen molar-refractivity contribution in [3.8, 4) is 0 Å². The van der Waals surface area contributed by atoms with Gasteiger partial charge in [-0.25, -0.2) is 18.1 Å². The van der Waals surface area contributed by atoms with Gasteiger partial charge >= 0.3 is 0 Å². The summed E-state index contributed by atoms with van der Waals surface area (Å²) in [4.78, 5) is 16.0.